The molecule has 0 aromatic rings. The van der Waals surface area contributed by atoms with Crippen molar-refractivity contribution in [1.29, 1.82) is 0 Å². The molecule has 0 unspecified atom stereocenters. The van der Waals surface area contributed by atoms with Crippen molar-refractivity contribution in [2.45, 2.75) is 40.5 Å². The molecule has 0 heterocycles. The van der Waals surface area contributed by atoms with Gasteiger partial charge in [-0.15, -0.1) is 0 Å². The zero-order valence-electron chi connectivity index (χ0n) is 19.0. The number of ketones is 1. The van der Waals surface area contributed by atoms with Gasteiger partial charge in [-0.3, -0.25) is 9.59 Å². The molecule has 0 atom stereocenters. The van der Waals surface area contributed by atoms with Crippen LogP contribution >= 0.6 is 0 Å². The Morgan fingerprint density at radius 3 is 1.30 bits per heavy atom. The van der Waals surface area contributed by atoms with Gasteiger partial charge in [0.15, 0.2) is 0 Å². The van der Waals surface area contributed by atoms with Gasteiger partial charge in [-0.25, -0.2) is 0 Å². The molecule has 0 saturated heterocycles. The first-order valence-electron chi connectivity index (χ1n) is 8.86. The van der Waals surface area contributed by atoms with Crippen LogP contribution in [0.1, 0.15) is 40.5 Å². The number of halogens is 2. The Labute approximate surface area is 180 Å². The highest BCUT2D eigenvalue weighted by atomic mass is 35.5. The topological polar surface area (TPSA) is 60.2 Å². The Morgan fingerprint density at radius 1 is 0.815 bits per heavy atom. The van der Waals surface area contributed by atoms with Gasteiger partial charge in [0.2, 0.25) is 11.7 Å². The molecule has 1 amide bonds. The first-order chi connectivity index (χ1) is 11.1. The van der Waals surface area contributed by atoms with Gasteiger partial charge < -0.3 is 39.5 Å². The molecule has 2 N–H and O–H groups in total. The number of quaternary nitrogens is 2. The van der Waals surface area contributed by atoms with Crippen LogP contribution in [0.25, 0.3) is 0 Å². The van der Waals surface area contributed by atoms with E-state index in [1.165, 1.54) is 13.0 Å². The van der Waals surface area contributed by atoms with Crippen molar-refractivity contribution in [3.63, 3.8) is 0 Å². The van der Waals surface area contributed by atoms with Gasteiger partial charge in [0, 0.05) is 5.57 Å². The number of Topliss-reactive ketones (excluding diaryl/α,β-unsaturated/α-hetero) is 1. The molecule has 164 valence electrons. The highest BCUT2D eigenvalue weighted by Crippen LogP contribution is 2.02. The molecule has 5 nitrogen and oxygen atoms in total. The predicted octanol–water partition coefficient (Wildman–Crippen LogP) is -3.22. The summed E-state index contributed by atoms with van der Waals surface area (Å²) >= 11 is 0. The van der Waals surface area contributed by atoms with Gasteiger partial charge in [0.05, 0.1) is 48.3 Å². The normalized spacial score (nSPS) is 9.81. The van der Waals surface area contributed by atoms with E-state index in [1.54, 1.807) is 13.8 Å². The third kappa shape index (κ3) is 33.2. The number of nitrogens with two attached hydrogens (primary N) is 1. The van der Waals surface area contributed by atoms with E-state index in [0.29, 0.717) is 17.7 Å². The number of rotatable bonds is 8. The van der Waals surface area contributed by atoms with Crippen molar-refractivity contribution >= 4 is 11.7 Å². The number of hydrogen-bond acceptors (Lipinski definition) is 2. The summed E-state index contributed by atoms with van der Waals surface area (Å²) in [5, 5.41) is 0. The summed E-state index contributed by atoms with van der Waals surface area (Å²) in [6, 6.07) is 0. The highest BCUT2D eigenvalue weighted by molar-refractivity contribution is 5.95. The van der Waals surface area contributed by atoms with Crippen molar-refractivity contribution in [2.24, 2.45) is 5.73 Å². The van der Waals surface area contributed by atoms with Crippen LogP contribution in [0.15, 0.2) is 24.3 Å². The highest BCUT2D eigenvalue weighted by Gasteiger charge is 2.18. The third-order valence-electron chi connectivity index (χ3n) is 3.19. The molecule has 0 saturated carbocycles. The molecule has 0 aliphatic heterocycles. The minimum Gasteiger partial charge on any atom is -1.00 e. The van der Waals surface area contributed by atoms with Crippen LogP contribution in [-0.2, 0) is 9.59 Å². The lowest BCUT2D eigenvalue weighted by Gasteiger charge is -2.28. The zero-order valence-corrected chi connectivity index (χ0v) is 20.5. The number of carbonyl (C=O) groups is 2. The van der Waals surface area contributed by atoms with Gasteiger partial charge in [0.1, 0.15) is 6.54 Å². The SMILES string of the molecule is C=C(C)C(=O)C[N+](C)(C)CCC.C=C(C)C(N)=O.CCC[N+](C)(C)C.[Cl-].[Cl-]. The van der Waals surface area contributed by atoms with E-state index in [4.69, 9.17) is 5.73 Å². The Hall–Kier alpha value is -0.880. The predicted molar refractivity (Wildman–Crippen MR) is 109 cm³/mol. The molecular formula is C20H43Cl2N3O2. The molecule has 0 aliphatic rings. The number of amides is 1. The molecule has 27 heavy (non-hydrogen) atoms. The fourth-order valence-electron chi connectivity index (χ4n) is 1.88. The average Bonchev–Trinajstić information content (AvgIpc) is 2.37. The average molecular weight is 428 g/mol. The van der Waals surface area contributed by atoms with Crippen LogP contribution < -0.4 is 30.5 Å². The lowest BCUT2D eigenvalue weighted by atomic mass is 10.2. The number of hydrogen-bond donors (Lipinski definition) is 1. The lowest BCUT2D eigenvalue weighted by molar-refractivity contribution is -0.882. The maximum atomic E-state index is 11.3. The fourth-order valence-corrected chi connectivity index (χ4v) is 1.88. The maximum absolute atomic E-state index is 11.3. The molecule has 7 heteroatoms. The minimum atomic E-state index is -0.435. The number of carbonyl (C=O) groups excluding carboxylic acids is 2. The number of likely N-dealkylation sites (N-methyl/N-ethyl adjacent to an activating group) is 1. The van der Waals surface area contributed by atoms with Crippen LogP contribution in [-0.4, -0.2) is 75.5 Å². The van der Waals surface area contributed by atoms with Crippen LogP contribution in [0.3, 0.4) is 0 Å². The molecule has 0 aromatic carbocycles. The number of nitrogens with zero attached hydrogens (tertiary/aromatic N) is 2. The van der Waals surface area contributed by atoms with Crippen molar-refractivity contribution < 1.29 is 43.4 Å². The van der Waals surface area contributed by atoms with Crippen molar-refractivity contribution in [3.8, 4) is 0 Å². The molecule has 0 aliphatic carbocycles. The Balaban J connectivity index is -0.0000000932. The summed E-state index contributed by atoms with van der Waals surface area (Å²) in [5.74, 6) is -0.261. The molecule has 0 aromatic heterocycles. The van der Waals surface area contributed by atoms with Gasteiger partial charge >= 0.3 is 0 Å². The summed E-state index contributed by atoms with van der Waals surface area (Å²) in [4.78, 5) is 21.1. The smallest absolute Gasteiger partial charge is 0.243 e. The first kappa shape index (κ1) is 37.0. The van der Waals surface area contributed by atoms with E-state index >= 15 is 0 Å². The van der Waals surface area contributed by atoms with E-state index < -0.39 is 5.91 Å². The molecule has 0 rings (SSSR count). The third-order valence-corrected chi connectivity index (χ3v) is 3.19. The van der Waals surface area contributed by atoms with Gasteiger partial charge in [-0.05, 0) is 32.3 Å². The second-order valence-electron chi connectivity index (χ2n) is 8.18. The lowest BCUT2D eigenvalue weighted by Crippen LogP contribution is -3.00. The zero-order chi connectivity index (χ0) is 20.8. The number of primary amides is 1. The van der Waals surface area contributed by atoms with E-state index in [9.17, 15) is 9.59 Å². The Kier molecular flexibility index (Phi) is 25.3. The van der Waals surface area contributed by atoms with E-state index in [1.807, 2.05) is 0 Å². The monoisotopic (exact) mass is 427 g/mol. The fraction of sp³-hybridized carbons (Fsp3) is 0.700. The van der Waals surface area contributed by atoms with Crippen molar-refractivity contribution in [2.75, 3.05) is 54.9 Å². The standard InChI is InChI=1S/C10H20NO.C6H16N.C4H7NO.2ClH/c1-6-7-11(4,5)8-10(12)9(2)3;1-5-6-7(2,3)4;1-3(2)4(5)6;;/h2,6-8H2,1,3-5H3;5-6H2,1-4H3;1H2,2H3,(H2,5,6);2*1H/q2*+1;;;/p-2. The van der Waals surface area contributed by atoms with E-state index in [0.717, 1.165) is 21.9 Å². The maximum Gasteiger partial charge on any atom is 0.243 e. The molecule has 0 bridgehead atoms. The largest absolute Gasteiger partial charge is 1.00 e. The molecule has 0 spiro atoms. The second-order valence-corrected chi connectivity index (χ2v) is 8.18. The Morgan fingerprint density at radius 2 is 1.15 bits per heavy atom. The second kappa shape index (κ2) is 18.5. The molecular weight excluding hydrogens is 385 g/mol. The van der Waals surface area contributed by atoms with Crippen LogP contribution in [0, 0.1) is 0 Å². The van der Waals surface area contributed by atoms with Crippen LogP contribution in [0.2, 0.25) is 0 Å². The Bertz CT molecular complexity index is 431. The van der Waals surface area contributed by atoms with Crippen molar-refractivity contribution in [1.82, 2.24) is 0 Å². The molecule has 0 radical (unpaired) electrons. The quantitative estimate of drug-likeness (QED) is 0.327. The van der Waals surface area contributed by atoms with Crippen molar-refractivity contribution in [3.05, 3.63) is 24.3 Å². The van der Waals surface area contributed by atoms with E-state index in [-0.39, 0.29) is 30.6 Å². The molecule has 0 fully saturated rings. The first-order valence-corrected chi connectivity index (χ1v) is 8.86. The van der Waals surface area contributed by atoms with Gasteiger partial charge in [-0.2, -0.15) is 0 Å². The van der Waals surface area contributed by atoms with Crippen LogP contribution in [0.5, 0.6) is 0 Å². The summed E-state index contributed by atoms with van der Waals surface area (Å²) in [5.41, 5.74) is 5.76. The minimum absolute atomic E-state index is 0. The van der Waals surface area contributed by atoms with E-state index in [2.05, 4.69) is 62.2 Å². The van der Waals surface area contributed by atoms with Crippen LogP contribution in [0.4, 0.5) is 0 Å². The summed E-state index contributed by atoms with van der Waals surface area (Å²) < 4.78 is 1.86. The van der Waals surface area contributed by atoms with Gasteiger partial charge in [0.25, 0.3) is 0 Å². The summed E-state index contributed by atoms with van der Waals surface area (Å²) in [7, 11) is 10.8. The van der Waals surface area contributed by atoms with Gasteiger partial charge in [-0.1, -0.05) is 27.0 Å². The summed E-state index contributed by atoms with van der Waals surface area (Å²) in [6.45, 7) is 17.5. The summed E-state index contributed by atoms with van der Waals surface area (Å²) in [6.07, 6.45) is 2.39.